The summed E-state index contributed by atoms with van der Waals surface area (Å²) in [5.74, 6) is -0.463. The fourth-order valence-electron chi connectivity index (χ4n) is 3.07. The van der Waals surface area contributed by atoms with Gasteiger partial charge in [-0.15, -0.1) is 12.4 Å². The SMILES string of the molecule is Cl.O=C1CN(S(=O)(=O)c2cccc(NC(=O)CC3CCCN3)c2)CCN1. The highest BCUT2D eigenvalue weighted by Crippen LogP contribution is 2.20. The number of halogens is 1. The second-order valence-corrected chi connectivity index (χ2v) is 8.20. The molecule has 2 aliphatic rings. The highest BCUT2D eigenvalue weighted by Gasteiger charge is 2.29. The lowest BCUT2D eigenvalue weighted by Gasteiger charge is -2.26. The third kappa shape index (κ3) is 4.94. The molecule has 0 aliphatic carbocycles. The standard InChI is InChI=1S/C16H22N4O4S.ClH/c21-15(10-12-4-2-6-17-12)19-13-3-1-5-14(9-13)25(23,24)20-8-7-18-16(22)11-20;/h1,3,5,9,12,17H,2,4,6-8,10-11H2,(H,18,22)(H,19,21);1H. The summed E-state index contributed by atoms with van der Waals surface area (Å²) >= 11 is 0. The van der Waals surface area contributed by atoms with Gasteiger partial charge in [0.15, 0.2) is 0 Å². The molecule has 2 heterocycles. The molecule has 0 saturated carbocycles. The summed E-state index contributed by atoms with van der Waals surface area (Å²) in [5.41, 5.74) is 0.436. The van der Waals surface area contributed by atoms with Crippen LogP contribution in [0, 0.1) is 0 Å². The monoisotopic (exact) mass is 402 g/mol. The first-order chi connectivity index (χ1) is 11.9. The van der Waals surface area contributed by atoms with Gasteiger partial charge in [-0.2, -0.15) is 4.31 Å². The van der Waals surface area contributed by atoms with Crippen LogP contribution in [0.4, 0.5) is 5.69 Å². The molecule has 3 rings (SSSR count). The highest BCUT2D eigenvalue weighted by atomic mass is 35.5. The van der Waals surface area contributed by atoms with E-state index in [4.69, 9.17) is 0 Å². The quantitative estimate of drug-likeness (QED) is 0.657. The number of amides is 2. The first-order valence-corrected chi connectivity index (χ1v) is 9.79. The number of benzene rings is 1. The van der Waals surface area contributed by atoms with Crippen molar-refractivity contribution in [3.8, 4) is 0 Å². The number of carbonyl (C=O) groups excluding carboxylic acids is 2. The van der Waals surface area contributed by atoms with Crippen LogP contribution in [0.15, 0.2) is 29.2 Å². The molecule has 1 aromatic carbocycles. The van der Waals surface area contributed by atoms with Crippen molar-refractivity contribution in [2.45, 2.75) is 30.2 Å². The smallest absolute Gasteiger partial charge is 0.243 e. The van der Waals surface area contributed by atoms with Gasteiger partial charge in [-0.05, 0) is 37.6 Å². The minimum Gasteiger partial charge on any atom is -0.354 e. The highest BCUT2D eigenvalue weighted by molar-refractivity contribution is 7.89. The van der Waals surface area contributed by atoms with E-state index in [1.54, 1.807) is 12.1 Å². The molecule has 2 fully saturated rings. The maximum atomic E-state index is 12.7. The van der Waals surface area contributed by atoms with Gasteiger partial charge in [0.2, 0.25) is 21.8 Å². The number of hydrogen-bond acceptors (Lipinski definition) is 5. The third-order valence-corrected chi connectivity index (χ3v) is 6.19. The van der Waals surface area contributed by atoms with E-state index in [0.717, 1.165) is 23.7 Å². The second-order valence-electron chi connectivity index (χ2n) is 6.26. The Kier molecular flexibility index (Phi) is 6.99. The molecular weight excluding hydrogens is 380 g/mol. The van der Waals surface area contributed by atoms with Crippen molar-refractivity contribution in [2.24, 2.45) is 0 Å². The first-order valence-electron chi connectivity index (χ1n) is 8.35. The van der Waals surface area contributed by atoms with Crippen molar-refractivity contribution in [3.05, 3.63) is 24.3 Å². The molecule has 144 valence electrons. The van der Waals surface area contributed by atoms with Gasteiger partial charge in [0.25, 0.3) is 0 Å². The maximum Gasteiger partial charge on any atom is 0.243 e. The van der Waals surface area contributed by atoms with Gasteiger partial charge >= 0.3 is 0 Å². The largest absolute Gasteiger partial charge is 0.354 e. The minimum absolute atomic E-state index is 0. The number of hydrogen-bond donors (Lipinski definition) is 3. The summed E-state index contributed by atoms with van der Waals surface area (Å²) in [6.45, 7) is 1.27. The minimum atomic E-state index is -3.77. The van der Waals surface area contributed by atoms with Crippen molar-refractivity contribution in [2.75, 3.05) is 31.5 Å². The van der Waals surface area contributed by atoms with Crippen LogP contribution in [0.2, 0.25) is 0 Å². The van der Waals surface area contributed by atoms with Crippen molar-refractivity contribution >= 4 is 39.9 Å². The Bertz CT molecular complexity index is 765. The van der Waals surface area contributed by atoms with Crippen molar-refractivity contribution in [1.82, 2.24) is 14.9 Å². The molecule has 2 aliphatic heterocycles. The summed E-state index contributed by atoms with van der Waals surface area (Å²) in [6, 6.07) is 6.32. The summed E-state index contributed by atoms with van der Waals surface area (Å²) in [4.78, 5) is 23.6. The van der Waals surface area contributed by atoms with Crippen molar-refractivity contribution in [3.63, 3.8) is 0 Å². The molecule has 0 bridgehead atoms. The predicted octanol–water partition coefficient (Wildman–Crippen LogP) is 0.310. The van der Waals surface area contributed by atoms with Gasteiger partial charge in [0.05, 0.1) is 11.4 Å². The van der Waals surface area contributed by atoms with E-state index < -0.39 is 10.0 Å². The molecule has 8 nitrogen and oxygen atoms in total. The number of piperazine rings is 1. The van der Waals surface area contributed by atoms with Gasteiger partial charge in [-0.3, -0.25) is 9.59 Å². The van der Waals surface area contributed by atoms with Crippen LogP contribution >= 0.6 is 12.4 Å². The number of rotatable bonds is 5. The molecule has 1 atom stereocenters. The van der Waals surface area contributed by atoms with Gasteiger partial charge < -0.3 is 16.0 Å². The van der Waals surface area contributed by atoms with Crippen LogP contribution in [-0.4, -0.2) is 56.8 Å². The zero-order chi connectivity index (χ0) is 17.9. The fraction of sp³-hybridized carbons (Fsp3) is 0.500. The first kappa shape index (κ1) is 20.6. The Morgan fingerprint density at radius 1 is 1.31 bits per heavy atom. The molecule has 3 N–H and O–H groups in total. The maximum absolute atomic E-state index is 12.7. The number of carbonyl (C=O) groups is 2. The zero-order valence-corrected chi connectivity index (χ0v) is 15.9. The average molecular weight is 403 g/mol. The molecule has 0 radical (unpaired) electrons. The van der Waals surface area contributed by atoms with Gasteiger partial charge in [-0.25, -0.2) is 8.42 Å². The van der Waals surface area contributed by atoms with E-state index in [9.17, 15) is 18.0 Å². The molecule has 2 saturated heterocycles. The summed E-state index contributed by atoms with van der Waals surface area (Å²) in [7, 11) is -3.77. The third-order valence-electron chi connectivity index (χ3n) is 4.35. The molecule has 26 heavy (non-hydrogen) atoms. The number of nitrogens with one attached hydrogen (secondary N) is 3. The lowest BCUT2D eigenvalue weighted by Crippen LogP contribution is -2.49. The average Bonchev–Trinajstić information content (AvgIpc) is 3.08. The van der Waals surface area contributed by atoms with E-state index in [2.05, 4.69) is 16.0 Å². The van der Waals surface area contributed by atoms with Crippen LogP contribution < -0.4 is 16.0 Å². The second kappa shape index (κ2) is 8.81. The van der Waals surface area contributed by atoms with E-state index in [-0.39, 0.29) is 48.2 Å². The van der Waals surface area contributed by atoms with Gasteiger partial charge in [0.1, 0.15) is 0 Å². The Labute approximate surface area is 159 Å². The van der Waals surface area contributed by atoms with Crippen LogP contribution in [-0.2, 0) is 19.6 Å². The Balaban J connectivity index is 0.00000243. The van der Waals surface area contributed by atoms with Crippen LogP contribution in [0.25, 0.3) is 0 Å². The number of anilines is 1. The predicted molar refractivity (Wildman–Crippen MR) is 99.7 cm³/mol. The normalized spacial score (nSPS) is 20.9. The summed E-state index contributed by atoms with van der Waals surface area (Å²) in [5, 5.41) is 8.61. The van der Waals surface area contributed by atoms with Crippen molar-refractivity contribution in [1.29, 1.82) is 0 Å². The number of sulfonamides is 1. The van der Waals surface area contributed by atoms with E-state index in [1.807, 2.05) is 0 Å². The van der Waals surface area contributed by atoms with Crippen LogP contribution in [0.3, 0.4) is 0 Å². The lowest BCUT2D eigenvalue weighted by atomic mass is 10.1. The molecular formula is C16H23ClN4O4S. The van der Waals surface area contributed by atoms with E-state index in [0.29, 0.717) is 18.7 Å². The molecule has 1 unspecified atom stereocenters. The van der Waals surface area contributed by atoms with Crippen molar-refractivity contribution < 1.29 is 18.0 Å². The summed E-state index contributed by atoms with van der Waals surface area (Å²) in [6.07, 6.45) is 2.40. The molecule has 2 amide bonds. The summed E-state index contributed by atoms with van der Waals surface area (Å²) < 4.78 is 26.5. The number of nitrogens with zero attached hydrogens (tertiary/aromatic N) is 1. The molecule has 1 aromatic rings. The van der Waals surface area contributed by atoms with Gasteiger partial charge in [0, 0.05) is 31.2 Å². The van der Waals surface area contributed by atoms with Crippen LogP contribution in [0.1, 0.15) is 19.3 Å². The molecule has 0 aromatic heterocycles. The molecule has 0 spiro atoms. The lowest BCUT2D eigenvalue weighted by molar-refractivity contribution is -0.122. The Morgan fingerprint density at radius 3 is 2.81 bits per heavy atom. The Morgan fingerprint density at radius 2 is 2.12 bits per heavy atom. The fourth-order valence-corrected chi connectivity index (χ4v) is 4.51. The van der Waals surface area contributed by atoms with E-state index in [1.165, 1.54) is 12.1 Å². The van der Waals surface area contributed by atoms with Crippen LogP contribution in [0.5, 0.6) is 0 Å². The van der Waals surface area contributed by atoms with E-state index >= 15 is 0 Å². The Hall–Kier alpha value is -1.68. The zero-order valence-electron chi connectivity index (χ0n) is 14.2. The molecule has 10 heteroatoms. The van der Waals surface area contributed by atoms with Gasteiger partial charge in [-0.1, -0.05) is 6.07 Å². The topological polar surface area (TPSA) is 108 Å².